The Labute approximate surface area is 796 Å². The molecular weight excluding hydrogens is 1660 g/mol. The molecule has 26 rings (SSSR count). The van der Waals surface area contributed by atoms with E-state index in [1.165, 1.54) is 111 Å². The lowest BCUT2D eigenvalue weighted by molar-refractivity contribution is 0.661. The summed E-state index contributed by atoms with van der Waals surface area (Å²) in [6.45, 7) is 14.0. The van der Waals surface area contributed by atoms with Crippen molar-refractivity contribution in [1.29, 1.82) is 0 Å². The molecule has 0 amide bonds. The van der Waals surface area contributed by atoms with Crippen molar-refractivity contribution in [1.82, 2.24) is 44.9 Å². The lowest BCUT2D eigenvalue weighted by atomic mass is 9.78. The van der Waals surface area contributed by atoms with E-state index in [9.17, 15) is 0 Å². The number of fused-ring (bicyclic) bond motifs is 14. The van der Waals surface area contributed by atoms with E-state index in [0.717, 1.165) is 144 Å². The highest BCUT2D eigenvalue weighted by Crippen LogP contribution is 2.58. The molecule has 9 aromatic heterocycles. The molecule has 0 radical (unpaired) electrons. The van der Waals surface area contributed by atoms with Gasteiger partial charge in [0.15, 0.2) is 0 Å². The first-order chi connectivity index (χ1) is 67.2. The Kier molecular flexibility index (Phi) is 20.4. The first kappa shape index (κ1) is 82.9. The fourth-order valence-electron chi connectivity index (χ4n) is 21.5. The van der Waals surface area contributed by atoms with Crippen LogP contribution in [0.1, 0.15) is 74.9 Å². The molecule has 3 aliphatic carbocycles. The van der Waals surface area contributed by atoms with Gasteiger partial charge in [0.05, 0.1) is 44.7 Å². The standard InChI is InChI=1S/C48H33N3.2C40H29N3/c1-48(2)41-15-7-5-13-39(41)47-46(48)45(40-14-6-10-18-44(40)51-47)31-21-19-30(20-22-31)34-25-35(37-23-32-11-3-8-16-42(32)49-28-37)27-36(26-34)38-24-33-12-4-9-17-43(33)50-29-38;1-40(2)35-13-5-3-11-33(35)39-38(40)37(34-12-4-6-14-36(34)43-39)27-17-15-26(16-18-27)30-21-31(28-9-7-19-41-24-28)23-32(22-30)29-10-8-20-42-25-29;1-40(2)35-9-5-3-7-33(35)39-38(40)37(34-8-4-6-10-36(34)43-39)29-13-11-26(12-14-29)30-23-31(27-15-19-41-20-16-27)25-32(24-30)28-17-21-42-22-18-28/h3-29H,1-2H3;2*3-25H,1-2H3. The minimum Gasteiger partial charge on any atom is -0.265 e. The predicted molar refractivity (Wildman–Crippen MR) is 565 cm³/mol. The normalized spacial score (nSPS) is 13.1. The maximum absolute atomic E-state index is 5.25. The van der Waals surface area contributed by atoms with Crippen LogP contribution in [0.4, 0.5) is 0 Å². The third kappa shape index (κ3) is 14.8. The number of pyridine rings is 9. The van der Waals surface area contributed by atoms with Crippen LogP contribution < -0.4 is 0 Å². The highest BCUT2D eigenvalue weighted by molar-refractivity contribution is 6.07. The van der Waals surface area contributed by atoms with Crippen molar-refractivity contribution < 1.29 is 0 Å². The van der Waals surface area contributed by atoms with E-state index in [2.05, 4.69) is 419 Å². The zero-order chi connectivity index (χ0) is 92.0. The molecule has 14 aromatic carbocycles. The molecule has 0 saturated carbocycles. The summed E-state index contributed by atoms with van der Waals surface area (Å²) in [5.41, 5.74) is 47.3. The number of para-hydroxylation sites is 5. The van der Waals surface area contributed by atoms with Gasteiger partial charge in [0.2, 0.25) is 0 Å². The van der Waals surface area contributed by atoms with Gasteiger partial charge in [-0.15, -0.1) is 0 Å². The van der Waals surface area contributed by atoms with E-state index >= 15 is 0 Å². The van der Waals surface area contributed by atoms with Gasteiger partial charge in [0, 0.05) is 144 Å². The zero-order valence-electron chi connectivity index (χ0n) is 76.7. The summed E-state index contributed by atoms with van der Waals surface area (Å²) in [7, 11) is 0. The first-order valence-corrected chi connectivity index (χ1v) is 46.9. The molecule has 9 heteroatoms. The summed E-state index contributed by atoms with van der Waals surface area (Å²) in [6.07, 6.45) is 18.8. The van der Waals surface area contributed by atoms with Crippen LogP contribution in [0.15, 0.2) is 444 Å². The van der Waals surface area contributed by atoms with Gasteiger partial charge in [-0.2, -0.15) is 0 Å². The highest BCUT2D eigenvalue weighted by atomic mass is 14.8. The van der Waals surface area contributed by atoms with Gasteiger partial charge in [-0.3, -0.25) is 29.9 Å². The molecule has 0 fully saturated rings. The third-order valence-corrected chi connectivity index (χ3v) is 28.3. The summed E-state index contributed by atoms with van der Waals surface area (Å²) < 4.78 is 0. The van der Waals surface area contributed by atoms with Crippen molar-refractivity contribution in [2.75, 3.05) is 0 Å². The number of hydrogen-bond donors (Lipinski definition) is 0. The molecule has 0 atom stereocenters. The minimum atomic E-state index is -0.179. The Morgan fingerprint density at radius 2 is 0.431 bits per heavy atom. The molecule has 9 nitrogen and oxygen atoms in total. The average Bonchev–Trinajstić information content (AvgIpc) is 1.56. The van der Waals surface area contributed by atoms with Gasteiger partial charge in [0.25, 0.3) is 0 Å². The molecule has 0 saturated heterocycles. The fraction of sp³-hybridized carbons (Fsp3) is 0.0703. The van der Waals surface area contributed by atoms with E-state index in [-0.39, 0.29) is 16.2 Å². The van der Waals surface area contributed by atoms with E-state index in [1.807, 2.05) is 86.2 Å². The largest absolute Gasteiger partial charge is 0.265 e. The number of aromatic nitrogens is 9. The van der Waals surface area contributed by atoms with Crippen molar-refractivity contribution in [2.45, 2.75) is 57.8 Å². The van der Waals surface area contributed by atoms with E-state index in [1.54, 1.807) is 0 Å². The SMILES string of the molecule is CC1(C)c2ccccc2-c2nc3ccccc3c(-c3ccc(-c4cc(-c5cccnc5)cc(-c5cccnc5)c4)cc3)c21.CC1(C)c2ccccc2-c2nc3ccccc3c(-c3ccc(-c4cc(-c5ccncc5)cc(-c5ccncc5)c4)cc3)c21.CC1(C)c2ccccc2-c2nc3ccccc3c(-c3ccc(-c4cc(-c5cnc6ccccc6c5)cc(-c5cnc6ccccc6c5)c4)cc3)c21. The maximum atomic E-state index is 5.25. The lowest BCUT2D eigenvalue weighted by Crippen LogP contribution is -2.16. The second kappa shape index (κ2) is 33.8. The lowest BCUT2D eigenvalue weighted by Gasteiger charge is -2.25. The molecular formula is C128H91N9. The van der Waals surface area contributed by atoms with Crippen molar-refractivity contribution in [3.05, 3.63) is 478 Å². The van der Waals surface area contributed by atoms with Crippen molar-refractivity contribution >= 4 is 54.5 Å². The Morgan fingerprint density at radius 3 is 0.737 bits per heavy atom. The van der Waals surface area contributed by atoms with Crippen LogP contribution in [0.5, 0.6) is 0 Å². The van der Waals surface area contributed by atoms with Crippen LogP contribution in [0, 0.1) is 0 Å². The molecule has 0 spiro atoms. The second-order valence-corrected chi connectivity index (χ2v) is 37.6. The Morgan fingerprint density at radius 1 is 0.175 bits per heavy atom. The van der Waals surface area contributed by atoms with Crippen LogP contribution in [0.3, 0.4) is 0 Å². The minimum absolute atomic E-state index is 0.157. The van der Waals surface area contributed by atoms with Crippen LogP contribution in [0.2, 0.25) is 0 Å². The predicted octanol–water partition coefficient (Wildman–Crippen LogP) is 32.3. The van der Waals surface area contributed by atoms with Crippen molar-refractivity contribution in [2.24, 2.45) is 0 Å². The molecule has 0 bridgehead atoms. The summed E-state index contributed by atoms with van der Waals surface area (Å²) in [4.78, 5) is 42.5. The van der Waals surface area contributed by atoms with Crippen LogP contribution in [-0.4, -0.2) is 44.9 Å². The maximum Gasteiger partial charge on any atom is 0.0759 e. The topological polar surface area (TPSA) is 116 Å². The van der Waals surface area contributed by atoms with E-state index < -0.39 is 0 Å². The molecule has 9 heterocycles. The van der Waals surface area contributed by atoms with E-state index in [4.69, 9.17) is 24.9 Å². The smallest absolute Gasteiger partial charge is 0.0759 e. The summed E-state index contributed by atoms with van der Waals surface area (Å²) in [5, 5.41) is 5.81. The molecule has 648 valence electrons. The number of hydrogen-bond acceptors (Lipinski definition) is 9. The Bertz CT molecular complexity index is 8170. The number of rotatable bonds is 12. The molecule has 23 aromatic rings. The van der Waals surface area contributed by atoms with Gasteiger partial charge < -0.3 is 0 Å². The van der Waals surface area contributed by atoms with Gasteiger partial charge in [-0.1, -0.05) is 290 Å². The van der Waals surface area contributed by atoms with E-state index in [0.29, 0.717) is 0 Å². The molecule has 137 heavy (non-hydrogen) atoms. The Balaban J connectivity index is 0.000000113. The monoisotopic (exact) mass is 1750 g/mol. The van der Waals surface area contributed by atoms with Crippen LogP contribution in [0.25, 0.3) is 222 Å². The molecule has 0 unspecified atom stereocenters. The summed E-state index contributed by atoms with van der Waals surface area (Å²) in [6, 6.07) is 137. The highest BCUT2D eigenvalue weighted by Gasteiger charge is 2.43. The summed E-state index contributed by atoms with van der Waals surface area (Å²) in [5.74, 6) is 0. The van der Waals surface area contributed by atoms with Crippen molar-refractivity contribution in [3.8, 4) is 167 Å². The molecule has 0 N–H and O–H groups in total. The van der Waals surface area contributed by atoms with Crippen molar-refractivity contribution in [3.63, 3.8) is 0 Å². The number of nitrogens with zero attached hydrogens (tertiary/aromatic N) is 9. The molecule has 0 aliphatic heterocycles. The summed E-state index contributed by atoms with van der Waals surface area (Å²) >= 11 is 0. The van der Waals surface area contributed by atoms with Crippen LogP contribution in [-0.2, 0) is 16.2 Å². The average molecular weight is 1760 g/mol. The first-order valence-electron chi connectivity index (χ1n) is 46.9. The quantitative estimate of drug-likeness (QED) is 0.118. The second-order valence-electron chi connectivity index (χ2n) is 37.6. The van der Waals surface area contributed by atoms with Gasteiger partial charge in [-0.25, -0.2) is 15.0 Å². The number of benzene rings is 14. The van der Waals surface area contributed by atoms with Gasteiger partial charge in [-0.05, 0) is 278 Å². The zero-order valence-corrected chi connectivity index (χ0v) is 76.7. The molecule has 3 aliphatic rings. The van der Waals surface area contributed by atoms with Gasteiger partial charge >= 0.3 is 0 Å². The van der Waals surface area contributed by atoms with Gasteiger partial charge in [0.1, 0.15) is 0 Å². The third-order valence-electron chi connectivity index (χ3n) is 28.3. The Hall–Kier alpha value is -17.3. The fourth-order valence-corrected chi connectivity index (χ4v) is 21.5. The van der Waals surface area contributed by atoms with Crippen LogP contribution >= 0.6 is 0 Å².